The maximum atomic E-state index is 13.7. The lowest BCUT2D eigenvalue weighted by atomic mass is 9.97. The number of fused-ring (bicyclic) bond motifs is 3. The molecule has 0 radical (unpaired) electrons. The van der Waals surface area contributed by atoms with Gasteiger partial charge in [-0.2, -0.15) is 4.98 Å². The maximum absolute atomic E-state index is 13.7. The highest BCUT2D eigenvalue weighted by atomic mass is 32.2. The van der Waals surface area contributed by atoms with Gasteiger partial charge in [0.1, 0.15) is 4.83 Å². The first kappa shape index (κ1) is 23.3. The normalized spacial score (nSPS) is 14.6. The fraction of sp³-hybridized carbons (Fsp3) is 0.440. The minimum absolute atomic E-state index is 0.0911. The average Bonchev–Trinajstić information content (AvgIpc) is 3.46. The molecule has 0 spiro atoms. The molecule has 0 saturated heterocycles. The van der Waals surface area contributed by atoms with Crippen molar-refractivity contribution in [3.8, 4) is 11.4 Å². The van der Waals surface area contributed by atoms with Crippen LogP contribution in [0.4, 0.5) is 0 Å². The molecule has 3 heterocycles. The van der Waals surface area contributed by atoms with Crippen LogP contribution >= 0.6 is 23.1 Å². The highest BCUT2D eigenvalue weighted by molar-refractivity contribution is 7.99. The SMILES string of the molecule is CC(Sc1nc2sc3c(c2c(=O)n1CCCN(C)C)CCCC3)c1nc(-c2ccccc2)no1. The second-order valence-corrected chi connectivity index (χ2v) is 11.4. The molecule has 0 amide bonds. The van der Waals surface area contributed by atoms with Crippen LogP contribution in [-0.2, 0) is 19.4 Å². The predicted octanol–water partition coefficient (Wildman–Crippen LogP) is 5.19. The topological polar surface area (TPSA) is 77.1 Å². The molecular weight excluding hydrogens is 466 g/mol. The van der Waals surface area contributed by atoms with Gasteiger partial charge in [0.05, 0.1) is 10.6 Å². The molecule has 1 aliphatic carbocycles. The molecule has 7 nitrogen and oxygen atoms in total. The molecule has 4 aromatic rings. The highest BCUT2D eigenvalue weighted by Gasteiger charge is 2.24. The summed E-state index contributed by atoms with van der Waals surface area (Å²) in [5.74, 6) is 1.10. The van der Waals surface area contributed by atoms with Crippen molar-refractivity contribution in [2.45, 2.75) is 56.0 Å². The monoisotopic (exact) mass is 495 g/mol. The lowest BCUT2D eigenvalue weighted by molar-refractivity contribution is 0.377. The van der Waals surface area contributed by atoms with Gasteiger partial charge in [0.25, 0.3) is 5.56 Å². The number of nitrogens with zero attached hydrogens (tertiary/aromatic N) is 5. The van der Waals surface area contributed by atoms with E-state index in [1.54, 1.807) is 11.3 Å². The van der Waals surface area contributed by atoms with Crippen LogP contribution in [0.2, 0.25) is 0 Å². The Labute approximate surface area is 207 Å². The van der Waals surface area contributed by atoms with Gasteiger partial charge < -0.3 is 9.42 Å². The summed E-state index contributed by atoms with van der Waals surface area (Å²) in [6, 6.07) is 9.79. The van der Waals surface area contributed by atoms with Gasteiger partial charge in [-0.1, -0.05) is 47.3 Å². The number of hydrogen-bond acceptors (Lipinski definition) is 8. The molecule has 5 rings (SSSR count). The van der Waals surface area contributed by atoms with Crippen molar-refractivity contribution in [2.24, 2.45) is 0 Å². The Kier molecular flexibility index (Phi) is 6.85. The van der Waals surface area contributed by atoms with Crippen molar-refractivity contribution in [3.05, 3.63) is 57.0 Å². The zero-order chi connectivity index (χ0) is 23.7. The van der Waals surface area contributed by atoms with Crippen LogP contribution in [0.25, 0.3) is 21.6 Å². The molecule has 0 aliphatic heterocycles. The van der Waals surface area contributed by atoms with Crippen molar-refractivity contribution in [2.75, 3.05) is 20.6 Å². The molecule has 0 bridgehead atoms. The molecule has 0 fully saturated rings. The summed E-state index contributed by atoms with van der Waals surface area (Å²) in [5.41, 5.74) is 2.24. The van der Waals surface area contributed by atoms with E-state index in [4.69, 9.17) is 9.51 Å². The molecule has 3 aromatic heterocycles. The predicted molar refractivity (Wildman–Crippen MR) is 138 cm³/mol. The molecule has 1 unspecified atom stereocenters. The molecule has 1 atom stereocenters. The van der Waals surface area contributed by atoms with E-state index in [0.717, 1.165) is 53.2 Å². The zero-order valence-electron chi connectivity index (χ0n) is 19.8. The summed E-state index contributed by atoms with van der Waals surface area (Å²) in [7, 11) is 4.11. The second kappa shape index (κ2) is 10.0. The molecule has 0 N–H and O–H groups in total. The number of aryl methyl sites for hydroxylation is 2. The van der Waals surface area contributed by atoms with Crippen molar-refractivity contribution >= 4 is 33.3 Å². The van der Waals surface area contributed by atoms with E-state index >= 15 is 0 Å². The van der Waals surface area contributed by atoms with Crippen LogP contribution in [-0.4, -0.2) is 45.2 Å². The van der Waals surface area contributed by atoms with Crippen LogP contribution in [0, 0.1) is 0 Å². The van der Waals surface area contributed by atoms with Gasteiger partial charge in [-0.3, -0.25) is 9.36 Å². The fourth-order valence-corrected chi connectivity index (χ4v) is 6.63. The molecule has 178 valence electrons. The largest absolute Gasteiger partial charge is 0.338 e. The lowest BCUT2D eigenvalue weighted by Gasteiger charge is -2.16. The second-order valence-electron chi connectivity index (χ2n) is 8.98. The third-order valence-electron chi connectivity index (χ3n) is 6.13. The third kappa shape index (κ3) is 4.69. The van der Waals surface area contributed by atoms with Crippen molar-refractivity contribution in [3.63, 3.8) is 0 Å². The van der Waals surface area contributed by atoms with Crippen LogP contribution in [0.15, 0.2) is 44.8 Å². The molecule has 0 saturated carbocycles. The van der Waals surface area contributed by atoms with Gasteiger partial charge >= 0.3 is 0 Å². The van der Waals surface area contributed by atoms with Crippen LogP contribution < -0.4 is 5.56 Å². The van der Waals surface area contributed by atoms with Crippen molar-refractivity contribution < 1.29 is 4.52 Å². The van der Waals surface area contributed by atoms with Gasteiger partial charge in [-0.05, 0) is 65.2 Å². The Morgan fingerprint density at radius 1 is 1.18 bits per heavy atom. The minimum atomic E-state index is -0.135. The van der Waals surface area contributed by atoms with Crippen LogP contribution in [0.5, 0.6) is 0 Å². The standard InChI is InChI=1S/C25H29N5O2S2/c1-16(22-26-21(28-32-22)17-10-5-4-6-11-17)33-25-27-23-20(18-12-7-8-13-19(18)34-23)24(31)30(25)15-9-14-29(2)3/h4-6,10-11,16H,7-9,12-15H2,1-3H3. The zero-order valence-corrected chi connectivity index (χ0v) is 21.4. The van der Waals surface area contributed by atoms with E-state index in [9.17, 15) is 4.79 Å². The summed E-state index contributed by atoms with van der Waals surface area (Å²) in [4.78, 5) is 27.7. The van der Waals surface area contributed by atoms with Gasteiger partial charge in [0.15, 0.2) is 5.16 Å². The molecule has 1 aliphatic rings. The lowest BCUT2D eigenvalue weighted by Crippen LogP contribution is -2.26. The van der Waals surface area contributed by atoms with Gasteiger partial charge in [-0.15, -0.1) is 11.3 Å². The smallest absolute Gasteiger partial charge is 0.263 e. The number of thiophene rings is 1. The summed E-state index contributed by atoms with van der Waals surface area (Å²) in [5, 5.41) is 5.59. The van der Waals surface area contributed by atoms with Crippen LogP contribution in [0.1, 0.15) is 47.8 Å². The fourth-order valence-electron chi connectivity index (χ4n) is 4.37. The van der Waals surface area contributed by atoms with Crippen molar-refractivity contribution in [1.82, 2.24) is 24.6 Å². The maximum Gasteiger partial charge on any atom is 0.263 e. The van der Waals surface area contributed by atoms with E-state index < -0.39 is 0 Å². The first-order valence-electron chi connectivity index (χ1n) is 11.8. The Morgan fingerprint density at radius 2 is 1.97 bits per heavy atom. The molecule has 9 heteroatoms. The number of thioether (sulfide) groups is 1. The Bertz CT molecular complexity index is 1340. The Morgan fingerprint density at radius 3 is 2.76 bits per heavy atom. The number of hydrogen-bond donors (Lipinski definition) is 0. The van der Waals surface area contributed by atoms with Gasteiger partial charge in [0.2, 0.25) is 11.7 Å². The van der Waals surface area contributed by atoms with Crippen molar-refractivity contribution in [1.29, 1.82) is 0 Å². The third-order valence-corrected chi connectivity index (χ3v) is 8.39. The van der Waals surface area contributed by atoms with Crippen LogP contribution in [0.3, 0.4) is 0 Å². The average molecular weight is 496 g/mol. The first-order chi connectivity index (χ1) is 16.5. The number of aromatic nitrogens is 4. The van der Waals surface area contributed by atoms with Gasteiger partial charge in [-0.25, -0.2) is 4.98 Å². The number of rotatable bonds is 8. The summed E-state index contributed by atoms with van der Waals surface area (Å²) >= 11 is 3.21. The van der Waals surface area contributed by atoms with E-state index in [1.807, 2.05) is 41.8 Å². The summed E-state index contributed by atoms with van der Waals surface area (Å²) < 4.78 is 7.45. The van der Waals surface area contributed by atoms with E-state index in [1.165, 1.54) is 28.6 Å². The summed E-state index contributed by atoms with van der Waals surface area (Å²) in [6.45, 7) is 3.57. The minimum Gasteiger partial charge on any atom is -0.338 e. The molecular formula is C25H29N5O2S2. The Hall–Kier alpha value is -2.49. The number of benzene rings is 1. The molecule has 1 aromatic carbocycles. The highest BCUT2D eigenvalue weighted by Crippen LogP contribution is 2.38. The van der Waals surface area contributed by atoms with E-state index in [-0.39, 0.29) is 10.8 Å². The first-order valence-corrected chi connectivity index (χ1v) is 13.5. The van der Waals surface area contributed by atoms with E-state index in [0.29, 0.717) is 18.3 Å². The quantitative estimate of drug-likeness (QED) is 0.246. The van der Waals surface area contributed by atoms with E-state index in [2.05, 4.69) is 29.1 Å². The Balaban J connectivity index is 1.48. The molecule has 34 heavy (non-hydrogen) atoms. The van der Waals surface area contributed by atoms with Gasteiger partial charge in [0, 0.05) is 17.0 Å². The summed E-state index contributed by atoms with van der Waals surface area (Å²) in [6.07, 6.45) is 5.26.